The molecule has 1 aromatic heterocycles. The average Bonchev–Trinajstić information content (AvgIpc) is 2.49. The molecule has 112 valence electrons. The Kier molecular flexibility index (Phi) is 5.31. The summed E-state index contributed by atoms with van der Waals surface area (Å²) in [5.74, 6) is -0.726. The Morgan fingerprint density at radius 3 is 2.86 bits per heavy atom. The Balaban J connectivity index is 2.24. The highest BCUT2D eigenvalue weighted by molar-refractivity contribution is 9.10. The second kappa shape index (κ2) is 7.00. The van der Waals surface area contributed by atoms with E-state index in [1.165, 1.54) is 0 Å². The van der Waals surface area contributed by atoms with E-state index in [1.807, 2.05) is 38.1 Å². The maximum atomic E-state index is 11.4. The van der Waals surface area contributed by atoms with Crippen LogP contribution in [0.5, 0.6) is 0 Å². The van der Waals surface area contributed by atoms with Gasteiger partial charge in [0.1, 0.15) is 6.04 Å². The third-order valence-electron chi connectivity index (χ3n) is 3.79. The standard InChI is InChI=1S/C16H19BrN2O2/c1-3-10(2)14(16(20)21)19-9-11-6-7-13(17)12-5-4-8-18-15(11)12/h4-8,10,14,19H,3,9H2,1-2H3,(H,20,21)/t10-,14-/m0/s1. The summed E-state index contributed by atoms with van der Waals surface area (Å²) in [6.07, 6.45) is 2.57. The van der Waals surface area contributed by atoms with Gasteiger partial charge in [0, 0.05) is 22.6 Å². The molecule has 0 radical (unpaired) electrons. The van der Waals surface area contributed by atoms with Crippen molar-refractivity contribution in [2.45, 2.75) is 32.9 Å². The van der Waals surface area contributed by atoms with Gasteiger partial charge in [0.25, 0.3) is 0 Å². The maximum absolute atomic E-state index is 11.4. The number of nitrogens with zero attached hydrogens (tertiary/aromatic N) is 1. The number of carbonyl (C=O) groups is 1. The molecule has 2 atom stereocenters. The molecule has 2 N–H and O–H groups in total. The lowest BCUT2D eigenvalue weighted by atomic mass is 9.99. The van der Waals surface area contributed by atoms with Gasteiger partial charge in [-0.05, 0) is 23.6 Å². The molecule has 0 fully saturated rings. The van der Waals surface area contributed by atoms with Gasteiger partial charge in [-0.3, -0.25) is 15.1 Å². The van der Waals surface area contributed by atoms with E-state index in [1.54, 1.807) is 6.20 Å². The zero-order valence-corrected chi connectivity index (χ0v) is 13.7. The first-order chi connectivity index (χ1) is 10.0. The van der Waals surface area contributed by atoms with E-state index < -0.39 is 12.0 Å². The number of aliphatic carboxylic acids is 1. The molecule has 0 bridgehead atoms. The topological polar surface area (TPSA) is 62.2 Å². The average molecular weight is 351 g/mol. The summed E-state index contributed by atoms with van der Waals surface area (Å²) in [5, 5.41) is 13.5. The lowest BCUT2D eigenvalue weighted by Crippen LogP contribution is -2.41. The smallest absolute Gasteiger partial charge is 0.320 e. The molecule has 0 aliphatic rings. The number of halogens is 1. The number of hydrogen-bond acceptors (Lipinski definition) is 3. The van der Waals surface area contributed by atoms with Crippen molar-refractivity contribution in [3.05, 3.63) is 40.5 Å². The van der Waals surface area contributed by atoms with Crippen molar-refractivity contribution in [2.75, 3.05) is 0 Å². The van der Waals surface area contributed by atoms with Crippen molar-refractivity contribution >= 4 is 32.8 Å². The molecule has 0 saturated carbocycles. The minimum absolute atomic E-state index is 0.0807. The van der Waals surface area contributed by atoms with Crippen LogP contribution in [0.1, 0.15) is 25.8 Å². The van der Waals surface area contributed by atoms with E-state index in [0.717, 1.165) is 27.4 Å². The van der Waals surface area contributed by atoms with Crippen molar-refractivity contribution < 1.29 is 9.90 Å². The summed E-state index contributed by atoms with van der Waals surface area (Å²) < 4.78 is 0.992. The Morgan fingerprint density at radius 1 is 1.43 bits per heavy atom. The van der Waals surface area contributed by atoms with Crippen molar-refractivity contribution in [1.29, 1.82) is 0 Å². The predicted molar refractivity (Wildman–Crippen MR) is 87.2 cm³/mol. The molecule has 0 aliphatic heterocycles. The highest BCUT2D eigenvalue weighted by Crippen LogP contribution is 2.25. The molecule has 0 saturated heterocycles. The minimum atomic E-state index is -0.807. The van der Waals surface area contributed by atoms with Crippen molar-refractivity contribution in [2.24, 2.45) is 5.92 Å². The number of nitrogens with one attached hydrogen (secondary N) is 1. The third kappa shape index (κ3) is 3.60. The number of hydrogen-bond donors (Lipinski definition) is 2. The zero-order valence-electron chi connectivity index (χ0n) is 12.1. The molecule has 4 nitrogen and oxygen atoms in total. The second-order valence-corrected chi connectivity index (χ2v) is 6.04. The van der Waals surface area contributed by atoms with Crippen molar-refractivity contribution in [3.8, 4) is 0 Å². The van der Waals surface area contributed by atoms with Crippen LogP contribution in [0.3, 0.4) is 0 Å². The Hall–Kier alpha value is -1.46. The van der Waals surface area contributed by atoms with Gasteiger partial charge in [0.15, 0.2) is 0 Å². The van der Waals surface area contributed by atoms with Gasteiger partial charge in [0.2, 0.25) is 0 Å². The van der Waals surface area contributed by atoms with Gasteiger partial charge in [-0.15, -0.1) is 0 Å². The molecule has 1 aromatic carbocycles. The summed E-state index contributed by atoms with van der Waals surface area (Å²) in [7, 11) is 0. The molecule has 2 rings (SSSR count). The first-order valence-electron chi connectivity index (χ1n) is 7.03. The summed E-state index contributed by atoms with van der Waals surface area (Å²) in [4.78, 5) is 15.8. The van der Waals surface area contributed by atoms with E-state index in [-0.39, 0.29) is 5.92 Å². The fraction of sp³-hybridized carbons (Fsp3) is 0.375. The molecule has 0 amide bonds. The number of benzene rings is 1. The van der Waals surface area contributed by atoms with Crippen LogP contribution < -0.4 is 5.32 Å². The lowest BCUT2D eigenvalue weighted by molar-refractivity contribution is -0.140. The Morgan fingerprint density at radius 2 is 2.19 bits per heavy atom. The number of fused-ring (bicyclic) bond motifs is 1. The van der Waals surface area contributed by atoms with Crippen LogP contribution in [0.2, 0.25) is 0 Å². The van der Waals surface area contributed by atoms with Crippen LogP contribution in [0.15, 0.2) is 34.9 Å². The Labute approximate surface area is 132 Å². The van der Waals surface area contributed by atoms with E-state index in [9.17, 15) is 9.90 Å². The monoisotopic (exact) mass is 350 g/mol. The third-order valence-corrected chi connectivity index (χ3v) is 4.48. The van der Waals surface area contributed by atoms with E-state index >= 15 is 0 Å². The molecule has 0 unspecified atom stereocenters. The molecule has 21 heavy (non-hydrogen) atoms. The van der Waals surface area contributed by atoms with Crippen LogP contribution in [0, 0.1) is 5.92 Å². The van der Waals surface area contributed by atoms with Gasteiger partial charge in [0.05, 0.1) is 5.52 Å². The quantitative estimate of drug-likeness (QED) is 0.835. The van der Waals surface area contributed by atoms with Crippen molar-refractivity contribution in [1.82, 2.24) is 10.3 Å². The van der Waals surface area contributed by atoms with Crippen LogP contribution >= 0.6 is 15.9 Å². The summed E-state index contributed by atoms with van der Waals surface area (Å²) >= 11 is 3.51. The highest BCUT2D eigenvalue weighted by Gasteiger charge is 2.22. The molecule has 0 spiro atoms. The van der Waals surface area contributed by atoms with Crippen LogP contribution in [0.25, 0.3) is 10.9 Å². The van der Waals surface area contributed by atoms with Crippen LogP contribution in [-0.4, -0.2) is 22.1 Å². The second-order valence-electron chi connectivity index (χ2n) is 5.19. The molecule has 5 heteroatoms. The van der Waals surface area contributed by atoms with E-state index in [2.05, 4.69) is 26.2 Å². The maximum Gasteiger partial charge on any atom is 0.320 e. The Bertz CT molecular complexity index is 645. The van der Waals surface area contributed by atoms with Gasteiger partial charge >= 0.3 is 5.97 Å². The van der Waals surface area contributed by atoms with E-state index in [0.29, 0.717) is 6.54 Å². The van der Waals surface area contributed by atoms with Gasteiger partial charge < -0.3 is 5.11 Å². The van der Waals surface area contributed by atoms with Crippen LogP contribution in [-0.2, 0) is 11.3 Å². The SMILES string of the molecule is CC[C@H](C)[C@H](NCc1ccc(Br)c2cccnc12)C(=O)O. The van der Waals surface area contributed by atoms with E-state index in [4.69, 9.17) is 0 Å². The first-order valence-corrected chi connectivity index (χ1v) is 7.82. The number of rotatable bonds is 6. The molecular formula is C16H19BrN2O2. The predicted octanol–water partition coefficient (Wildman–Crippen LogP) is 3.59. The normalized spacial score (nSPS) is 14.0. The van der Waals surface area contributed by atoms with Gasteiger partial charge in [-0.2, -0.15) is 0 Å². The van der Waals surface area contributed by atoms with Crippen LogP contribution in [0.4, 0.5) is 0 Å². The fourth-order valence-electron chi connectivity index (χ4n) is 2.33. The summed E-state index contributed by atoms with van der Waals surface area (Å²) in [5.41, 5.74) is 1.90. The number of pyridine rings is 1. The number of carboxylic acids is 1. The van der Waals surface area contributed by atoms with Crippen molar-refractivity contribution in [3.63, 3.8) is 0 Å². The van der Waals surface area contributed by atoms with Gasteiger partial charge in [-0.25, -0.2) is 0 Å². The molecular weight excluding hydrogens is 332 g/mol. The summed E-state index contributed by atoms with van der Waals surface area (Å²) in [6, 6.07) is 7.29. The molecule has 2 aromatic rings. The molecule has 0 aliphatic carbocycles. The first kappa shape index (κ1) is 15.9. The molecule has 1 heterocycles. The van der Waals surface area contributed by atoms with Gasteiger partial charge in [-0.1, -0.05) is 48.3 Å². The highest BCUT2D eigenvalue weighted by atomic mass is 79.9. The fourth-order valence-corrected chi connectivity index (χ4v) is 2.78. The summed E-state index contributed by atoms with van der Waals surface area (Å²) in [6.45, 7) is 4.44. The minimum Gasteiger partial charge on any atom is -0.480 e. The lowest BCUT2D eigenvalue weighted by Gasteiger charge is -2.20. The number of aromatic nitrogens is 1. The number of carboxylic acid groups (broad SMARTS) is 1. The zero-order chi connectivity index (χ0) is 15.4. The largest absolute Gasteiger partial charge is 0.480 e.